The van der Waals surface area contributed by atoms with E-state index in [1.165, 1.54) is 6.07 Å². The summed E-state index contributed by atoms with van der Waals surface area (Å²) in [4.78, 5) is 30.3. The molecule has 2 rings (SSSR count). The predicted molar refractivity (Wildman–Crippen MR) is 103 cm³/mol. The van der Waals surface area contributed by atoms with Crippen LogP contribution < -0.4 is 15.8 Å². The standard InChI is InChI=1S/C19H27N5O4/c1-5-27-17-13(9-20)14(21)8-15(23-17)16(25)22-10-12-6-7-24(11-12)18(26)28-19(2,3)4/h8,12H,5-7,10-11H2,1-4H3,(H2,21,23)(H,22,25)/t12-/m0/s1. The van der Waals surface area contributed by atoms with E-state index in [0.717, 1.165) is 6.42 Å². The SMILES string of the molecule is CCOc1nc(C(=O)NC[C@@H]2CCN(C(=O)OC(C)(C)C)C2)cc(N)c1C#N. The van der Waals surface area contributed by atoms with E-state index in [4.69, 9.17) is 20.5 Å². The molecular formula is C19H27N5O4. The van der Waals surface area contributed by atoms with Gasteiger partial charge in [0.2, 0.25) is 5.88 Å². The van der Waals surface area contributed by atoms with Gasteiger partial charge in [-0.15, -0.1) is 0 Å². The Morgan fingerprint density at radius 3 is 2.79 bits per heavy atom. The molecule has 2 heterocycles. The molecule has 0 radical (unpaired) electrons. The van der Waals surface area contributed by atoms with Gasteiger partial charge in [-0.05, 0) is 46.1 Å². The fourth-order valence-corrected chi connectivity index (χ4v) is 2.83. The van der Waals surface area contributed by atoms with Crippen molar-refractivity contribution in [2.45, 2.75) is 39.7 Å². The minimum absolute atomic E-state index is 0.0483. The minimum atomic E-state index is -0.539. The maximum atomic E-state index is 12.4. The van der Waals surface area contributed by atoms with Gasteiger partial charge in [-0.25, -0.2) is 9.78 Å². The first kappa shape index (κ1) is 21.3. The number of nitrogens with two attached hydrogens (primary N) is 1. The number of rotatable bonds is 5. The molecule has 1 saturated heterocycles. The van der Waals surface area contributed by atoms with E-state index < -0.39 is 11.5 Å². The van der Waals surface area contributed by atoms with Crippen LogP contribution in [0.4, 0.5) is 10.5 Å². The van der Waals surface area contributed by atoms with Gasteiger partial charge in [-0.2, -0.15) is 5.26 Å². The lowest BCUT2D eigenvalue weighted by Crippen LogP contribution is -2.36. The summed E-state index contributed by atoms with van der Waals surface area (Å²) < 4.78 is 10.7. The molecule has 1 aromatic heterocycles. The van der Waals surface area contributed by atoms with Crippen LogP contribution in [-0.2, 0) is 4.74 Å². The van der Waals surface area contributed by atoms with Crippen LogP contribution in [-0.4, -0.2) is 53.7 Å². The molecule has 28 heavy (non-hydrogen) atoms. The molecule has 1 aromatic rings. The molecule has 1 fully saturated rings. The van der Waals surface area contributed by atoms with Gasteiger partial charge in [0, 0.05) is 19.6 Å². The molecule has 9 heteroatoms. The van der Waals surface area contributed by atoms with Crippen molar-refractivity contribution in [3.63, 3.8) is 0 Å². The highest BCUT2D eigenvalue weighted by Gasteiger charge is 2.30. The zero-order chi connectivity index (χ0) is 20.9. The molecule has 0 saturated carbocycles. The number of aromatic nitrogens is 1. The summed E-state index contributed by atoms with van der Waals surface area (Å²) in [6.07, 6.45) is 0.427. The number of anilines is 1. The Kier molecular flexibility index (Phi) is 6.67. The van der Waals surface area contributed by atoms with Crippen molar-refractivity contribution >= 4 is 17.7 Å². The number of carbonyl (C=O) groups excluding carboxylic acids is 2. The average molecular weight is 389 g/mol. The van der Waals surface area contributed by atoms with Crippen molar-refractivity contribution in [3.05, 3.63) is 17.3 Å². The molecule has 1 aliphatic heterocycles. The second kappa shape index (κ2) is 8.78. The highest BCUT2D eigenvalue weighted by atomic mass is 16.6. The number of amides is 2. The Morgan fingerprint density at radius 1 is 1.46 bits per heavy atom. The number of nitrogen functional groups attached to an aromatic ring is 1. The van der Waals surface area contributed by atoms with E-state index in [1.54, 1.807) is 11.8 Å². The Bertz CT molecular complexity index is 782. The van der Waals surface area contributed by atoms with Crippen LogP contribution in [0.25, 0.3) is 0 Å². The van der Waals surface area contributed by atoms with Crippen molar-refractivity contribution in [3.8, 4) is 11.9 Å². The summed E-state index contributed by atoms with van der Waals surface area (Å²) in [6.45, 7) is 9.03. The zero-order valence-corrected chi connectivity index (χ0v) is 16.7. The lowest BCUT2D eigenvalue weighted by molar-refractivity contribution is 0.0288. The summed E-state index contributed by atoms with van der Waals surface area (Å²) in [5, 5.41) is 12.0. The number of pyridine rings is 1. The summed E-state index contributed by atoms with van der Waals surface area (Å²) in [7, 11) is 0. The Balaban J connectivity index is 1.94. The fraction of sp³-hybridized carbons (Fsp3) is 0.579. The smallest absolute Gasteiger partial charge is 0.410 e. The van der Waals surface area contributed by atoms with Crippen molar-refractivity contribution in [1.82, 2.24) is 15.2 Å². The maximum Gasteiger partial charge on any atom is 0.410 e. The molecular weight excluding hydrogens is 362 g/mol. The second-order valence-electron chi connectivity index (χ2n) is 7.61. The number of nitriles is 1. The van der Waals surface area contributed by atoms with E-state index in [1.807, 2.05) is 26.8 Å². The number of nitrogens with one attached hydrogen (secondary N) is 1. The molecule has 0 aromatic carbocycles. The zero-order valence-electron chi connectivity index (χ0n) is 16.7. The molecule has 0 aliphatic carbocycles. The van der Waals surface area contributed by atoms with Crippen molar-refractivity contribution in [1.29, 1.82) is 5.26 Å². The topological polar surface area (TPSA) is 131 Å². The van der Waals surface area contributed by atoms with Crippen LogP contribution in [0.2, 0.25) is 0 Å². The van der Waals surface area contributed by atoms with Crippen LogP contribution in [0.3, 0.4) is 0 Å². The molecule has 0 unspecified atom stereocenters. The quantitative estimate of drug-likeness (QED) is 0.786. The van der Waals surface area contributed by atoms with Crippen LogP contribution in [0, 0.1) is 17.2 Å². The third-order valence-electron chi connectivity index (χ3n) is 4.13. The number of hydrogen-bond acceptors (Lipinski definition) is 7. The molecule has 2 amide bonds. The van der Waals surface area contributed by atoms with Gasteiger partial charge in [0.05, 0.1) is 12.3 Å². The Hall–Kier alpha value is -3.02. The van der Waals surface area contributed by atoms with Gasteiger partial charge < -0.3 is 25.4 Å². The molecule has 0 spiro atoms. The van der Waals surface area contributed by atoms with Crippen LogP contribution in [0.1, 0.15) is 50.2 Å². The van der Waals surface area contributed by atoms with E-state index in [2.05, 4.69) is 10.3 Å². The van der Waals surface area contributed by atoms with Gasteiger partial charge in [-0.1, -0.05) is 0 Å². The third kappa shape index (κ3) is 5.49. The minimum Gasteiger partial charge on any atom is -0.477 e. The van der Waals surface area contributed by atoms with E-state index in [9.17, 15) is 9.59 Å². The van der Waals surface area contributed by atoms with Crippen molar-refractivity contribution in [2.24, 2.45) is 5.92 Å². The number of nitrogens with zero attached hydrogens (tertiary/aromatic N) is 3. The summed E-state index contributed by atoms with van der Waals surface area (Å²) >= 11 is 0. The van der Waals surface area contributed by atoms with Crippen molar-refractivity contribution < 1.29 is 19.1 Å². The molecule has 9 nitrogen and oxygen atoms in total. The van der Waals surface area contributed by atoms with E-state index in [0.29, 0.717) is 26.2 Å². The van der Waals surface area contributed by atoms with Gasteiger partial charge >= 0.3 is 6.09 Å². The number of ether oxygens (including phenoxy) is 2. The molecule has 1 aliphatic rings. The summed E-state index contributed by atoms with van der Waals surface area (Å²) in [5.74, 6) is -0.237. The second-order valence-corrected chi connectivity index (χ2v) is 7.61. The highest BCUT2D eigenvalue weighted by molar-refractivity contribution is 5.93. The maximum absolute atomic E-state index is 12.4. The molecule has 0 bridgehead atoms. The largest absolute Gasteiger partial charge is 0.477 e. The first-order valence-corrected chi connectivity index (χ1v) is 9.24. The normalized spacial score (nSPS) is 16.4. The van der Waals surface area contributed by atoms with E-state index in [-0.39, 0.29) is 34.8 Å². The number of likely N-dealkylation sites (tertiary alicyclic amines) is 1. The van der Waals surface area contributed by atoms with Crippen LogP contribution >= 0.6 is 0 Å². The monoisotopic (exact) mass is 389 g/mol. The lowest BCUT2D eigenvalue weighted by atomic mass is 10.1. The van der Waals surface area contributed by atoms with Crippen LogP contribution in [0.5, 0.6) is 5.88 Å². The Morgan fingerprint density at radius 2 is 2.18 bits per heavy atom. The first-order chi connectivity index (χ1) is 13.1. The van der Waals surface area contributed by atoms with Crippen LogP contribution in [0.15, 0.2) is 6.07 Å². The third-order valence-corrected chi connectivity index (χ3v) is 4.13. The molecule has 3 N–H and O–H groups in total. The number of hydrogen-bond donors (Lipinski definition) is 2. The van der Waals surface area contributed by atoms with E-state index >= 15 is 0 Å². The Labute approximate surface area is 164 Å². The van der Waals surface area contributed by atoms with Gasteiger partial charge in [0.15, 0.2) is 0 Å². The fourth-order valence-electron chi connectivity index (χ4n) is 2.83. The number of carbonyl (C=O) groups is 2. The van der Waals surface area contributed by atoms with Gasteiger partial charge in [0.1, 0.15) is 22.9 Å². The first-order valence-electron chi connectivity index (χ1n) is 9.24. The average Bonchev–Trinajstić information content (AvgIpc) is 3.07. The molecule has 152 valence electrons. The molecule has 1 atom stereocenters. The van der Waals surface area contributed by atoms with Crippen molar-refractivity contribution in [2.75, 3.05) is 32.0 Å². The summed E-state index contributed by atoms with van der Waals surface area (Å²) in [5.41, 5.74) is 5.64. The summed E-state index contributed by atoms with van der Waals surface area (Å²) in [6, 6.07) is 3.29. The highest BCUT2D eigenvalue weighted by Crippen LogP contribution is 2.23. The lowest BCUT2D eigenvalue weighted by Gasteiger charge is -2.24. The van der Waals surface area contributed by atoms with Gasteiger partial charge in [0.25, 0.3) is 5.91 Å². The predicted octanol–water partition coefficient (Wildman–Crippen LogP) is 1.92. The van der Waals surface area contributed by atoms with Gasteiger partial charge in [-0.3, -0.25) is 4.79 Å².